The van der Waals surface area contributed by atoms with Gasteiger partial charge in [-0.25, -0.2) is 4.98 Å². The molecule has 3 rings (SSSR count). The third kappa shape index (κ3) is 2.70. The van der Waals surface area contributed by atoms with Gasteiger partial charge in [-0.2, -0.15) is 0 Å². The molecule has 0 aliphatic heterocycles. The Kier molecular flexibility index (Phi) is 3.77. The number of halogens is 1. The highest BCUT2D eigenvalue weighted by molar-refractivity contribution is 7.15. The van der Waals surface area contributed by atoms with Crippen LogP contribution in [0.3, 0.4) is 0 Å². The average Bonchev–Trinajstić information content (AvgIpc) is 3.05. The van der Waals surface area contributed by atoms with Gasteiger partial charge in [0.25, 0.3) is 0 Å². The number of methoxy groups -OCH3 is 1. The number of rotatable bonds is 4. The summed E-state index contributed by atoms with van der Waals surface area (Å²) >= 11 is 7.57. The van der Waals surface area contributed by atoms with E-state index < -0.39 is 0 Å². The van der Waals surface area contributed by atoms with Crippen LogP contribution in [-0.4, -0.2) is 22.3 Å². The fourth-order valence-electron chi connectivity index (χ4n) is 1.95. The van der Waals surface area contributed by atoms with E-state index in [9.17, 15) is 4.79 Å². The molecule has 0 saturated heterocycles. The molecule has 0 aliphatic carbocycles. The van der Waals surface area contributed by atoms with Crippen molar-refractivity contribution in [3.8, 4) is 5.75 Å². The van der Waals surface area contributed by atoms with Crippen LogP contribution >= 0.6 is 22.9 Å². The number of fused-ring (bicyclic) bond motifs is 1. The highest BCUT2D eigenvalue weighted by atomic mass is 35.5. The first-order valence-electron chi connectivity index (χ1n) is 6.16. The van der Waals surface area contributed by atoms with Crippen molar-refractivity contribution < 1.29 is 9.53 Å². The fraction of sp³-hybridized carbons (Fsp3) is 0.0667. The topological polar surface area (TPSA) is 43.6 Å². The quantitative estimate of drug-likeness (QED) is 0.540. The molecule has 2 aromatic heterocycles. The number of nitrogens with zero attached hydrogens (tertiary/aromatic N) is 2. The lowest BCUT2D eigenvalue weighted by Gasteiger charge is -2.01. The molecule has 0 unspecified atom stereocenters. The van der Waals surface area contributed by atoms with Gasteiger partial charge in [0.15, 0.2) is 15.9 Å². The number of aromatic nitrogens is 2. The van der Waals surface area contributed by atoms with E-state index in [-0.39, 0.29) is 5.78 Å². The molecule has 0 radical (unpaired) electrons. The second kappa shape index (κ2) is 5.71. The van der Waals surface area contributed by atoms with E-state index in [2.05, 4.69) is 4.98 Å². The third-order valence-corrected chi connectivity index (χ3v) is 4.04. The number of ether oxygens (including phenoxy) is 1. The van der Waals surface area contributed by atoms with Gasteiger partial charge in [0.1, 0.15) is 5.75 Å². The molecule has 6 heteroatoms. The zero-order chi connectivity index (χ0) is 14.8. The minimum atomic E-state index is -0.116. The highest BCUT2D eigenvalue weighted by Crippen LogP contribution is 2.22. The SMILES string of the molecule is COc1cccc(C(=O)/C=C/c2c(Cl)nc3sccn23)c1. The molecule has 3 aromatic rings. The second-order valence-electron chi connectivity index (χ2n) is 4.27. The summed E-state index contributed by atoms with van der Waals surface area (Å²) in [5.41, 5.74) is 1.26. The van der Waals surface area contributed by atoms with Crippen LogP contribution in [0.15, 0.2) is 41.9 Å². The van der Waals surface area contributed by atoms with Gasteiger partial charge in [0.05, 0.1) is 12.8 Å². The van der Waals surface area contributed by atoms with Gasteiger partial charge in [-0.05, 0) is 24.3 Å². The smallest absolute Gasteiger partial charge is 0.195 e. The molecule has 106 valence electrons. The van der Waals surface area contributed by atoms with Crippen LogP contribution in [0.25, 0.3) is 11.0 Å². The first-order chi connectivity index (χ1) is 10.2. The van der Waals surface area contributed by atoms with Gasteiger partial charge in [0, 0.05) is 17.1 Å². The lowest BCUT2D eigenvalue weighted by atomic mass is 10.1. The maximum Gasteiger partial charge on any atom is 0.195 e. The summed E-state index contributed by atoms with van der Waals surface area (Å²) in [6.07, 6.45) is 5.03. The van der Waals surface area contributed by atoms with Gasteiger partial charge in [-0.1, -0.05) is 23.7 Å². The summed E-state index contributed by atoms with van der Waals surface area (Å²) in [5.74, 6) is 0.534. The van der Waals surface area contributed by atoms with Crippen LogP contribution < -0.4 is 4.74 Å². The van der Waals surface area contributed by atoms with Gasteiger partial charge in [-0.15, -0.1) is 11.3 Å². The van der Waals surface area contributed by atoms with Crippen molar-refractivity contribution in [3.63, 3.8) is 0 Å². The Hall–Kier alpha value is -2.11. The summed E-state index contributed by atoms with van der Waals surface area (Å²) < 4.78 is 6.96. The van der Waals surface area contributed by atoms with Crippen LogP contribution in [0.5, 0.6) is 5.75 Å². The molecule has 2 heterocycles. The number of benzene rings is 1. The molecule has 0 fully saturated rings. The molecule has 0 aliphatic rings. The number of ketones is 1. The Morgan fingerprint density at radius 2 is 2.33 bits per heavy atom. The summed E-state index contributed by atoms with van der Waals surface area (Å²) in [7, 11) is 1.57. The number of thiazole rings is 1. The molecule has 0 spiro atoms. The van der Waals surface area contributed by atoms with Gasteiger partial charge in [0.2, 0.25) is 0 Å². The average molecular weight is 319 g/mol. The molecule has 0 amide bonds. The predicted molar refractivity (Wildman–Crippen MR) is 84.4 cm³/mol. The van der Waals surface area contributed by atoms with Gasteiger partial charge >= 0.3 is 0 Å². The monoisotopic (exact) mass is 318 g/mol. The minimum absolute atomic E-state index is 0.116. The minimum Gasteiger partial charge on any atom is -0.497 e. The van der Waals surface area contributed by atoms with Crippen molar-refractivity contribution in [2.75, 3.05) is 7.11 Å². The standard InChI is InChI=1S/C15H11ClN2O2S/c1-20-11-4-2-3-10(9-11)13(19)6-5-12-14(16)17-15-18(12)7-8-21-15/h2-9H,1H3/b6-5+. The summed E-state index contributed by atoms with van der Waals surface area (Å²) in [5, 5.41) is 2.30. The molecule has 0 bridgehead atoms. The maximum atomic E-state index is 12.2. The van der Waals surface area contributed by atoms with E-state index in [0.717, 1.165) is 4.96 Å². The number of carbonyl (C=O) groups is 1. The van der Waals surface area contributed by atoms with E-state index in [4.69, 9.17) is 16.3 Å². The van der Waals surface area contributed by atoms with E-state index in [0.29, 0.717) is 22.2 Å². The Bertz CT molecular complexity index is 835. The Morgan fingerprint density at radius 3 is 3.14 bits per heavy atom. The van der Waals surface area contributed by atoms with Crippen molar-refractivity contribution in [2.24, 2.45) is 0 Å². The fourth-order valence-corrected chi connectivity index (χ4v) is 2.96. The predicted octanol–water partition coefficient (Wildman–Crippen LogP) is 3.95. The third-order valence-electron chi connectivity index (χ3n) is 3.00. The van der Waals surface area contributed by atoms with Crippen molar-refractivity contribution in [1.29, 1.82) is 0 Å². The summed E-state index contributed by atoms with van der Waals surface area (Å²) in [4.78, 5) is 17.2. The molecular weight excluding hydrogens is 308 g/mol. The van der Waals surface area contributed by atoms with Crippen LogP contribution in [0.1, 0.15) is 16.1 Å². The second-order valence-corrected chi connectivity index (χ2v) is 5.50. The van der Waals surface area contributed by atoms with E-state index in [1.807, 2.05) is 16.0 Å². The van der Waals surface area contributed by atoms with E-state index in [1.54, 1.807) is 37.5 Å². The van der Waals surface area contributed by atoms with Crippen LogP contribution in [-0.2, 0) is 0 Å². The number of imidazole rings is 1. The Labute approximate surface area is 130 Å². The number of hydrogen-bond donors (Lipinski definition) is 0. The van der Waals surface area contributed by atoms with Crippen LogP contribution in [0, 0.1) is 0 Å². The molecular formula is C15H11ClN2O2S. The molecule has 0 atom stereocenters. The first kappa shape index (κ1) is 13.9. The normalized spacial score (nSPS) is 11.3. The number of hydrogen-bond acceptors (Lipinski definition) is 4. The molecule has 0 saturated carbocycles. The summed E-state index contributed by atoms with van der Waals surface area (Å²) in [6, 6.07) is 7.02. The molecule has 0 N–H and O–H groups in total. The maximum absolute atomic E-state index is 12.2. The molecule has 4 nitrogen and oxygen atoms in total. The van der Waals surface area contributed by atoms with Crippen LogP contribution in [0.2, 0.25) is 5.15 Å². The largest absolute Gasteiger partial charge is 0.497 e. The van der Waals surface area contributed by atoms with Crippen molar-refractivity contribution >= 4 is 39.8 Å². The first-order valence-corrected chi connectivity index (χ1v) is 7.42. The van der Waals surface area contributed by atoms with E-state index >= 15 is 0 Å². The van der Waals surface area contributed by atoms with E-state index in [1.165, 1.54) is 17.4 Å². The van der Waals surface area contributed by atoms with Crippen molar-refractivity contribution in [1.82, 2.24) is 9.38 Å². The molecule has 21 heavy (non-hydrogen) atoms. The lowest BCUT2D eigenvalue weighted by molar-refractivity contribution is 0.104. The Balaban J connectivity index is 1.89. The number of allylic oxidation sites excluding steroid dienone is 1. The van der Waals surface area contributed by atoms with Gasteiger partial charge in [-0.3, -0.25) is 9.20 Å². The van der Waals surface area contributed by atoms with Crippen LogP contribution in [0.4, 0.5) is 0 Å². The molecule has 1 aromatic carbocycles. The lowest BCUT2D eigenvalue weighted by Crippen LogP contribution is -1.95. The Morgan fingerprint density at radius 1 is 1.48 bits per heavy atom. The van der Waals surface area contributed by atoms with Crippen molar-refractivity contribution in [2.45, 2.75) is 0 Å². The van der Waals surface area contributed by atoms with Gasteiger partial charge < -0.3 is 4.74 Å². The zero-order valence-electron chi connectivity index (χ0n) is 11.1. The van der Waals surface area contributed by atoms with Crippen molar-refractivity contribution in [3.05, 3.63) is 58.3 Å². The summed E-state index contributed by atoms with van der Waals surface area (Å²) in [6.45, 7) is 0. The highest BCUT2D eigenvalue weighted by Gasteiger charge is 2.09. The zero-order valence-corrected chi connectivity index (χ0v) is 12.7. The number of carbonyl (C=O) groups excluding carboxylic acids is 1.